The lowest BCUT2D eigenvalue weighted by Crippen LogP contribution is -2.38. The van der Waals surface area contributed by atoms with Gasteiger partial charge in [0.1, 0.15) is 0 Å². The van der Waals surface area contributed by atoms with Crippen molar-refractivity contribution in [1.29, 1.82) is 0 Å². The monoisotopic (exact) mass is 443 g/mol. The van der Waals surface area contributed by atoms with Crippen molar-refractivity contribution in [3.05, 3.63) is 69.9 Å². The number of nitrogens with one attached hydrogen (secondary N) is 1. The van der Waals surface area contributed by atoms with Gasteiger partial charge in [-0.15, -0.1) is 0 Å². The van der Waals surface area contributed by atoms with Crippen molar-refractivity contribution in [3.8, 4) is 0 Å². The van der Waals surface area contributed by atoms with Gasteiger partial charge < -0.3 is 10.7 Å². The lowest BCUT2D eigenvalue weighted by atomic mass is 9.81. The zero-order chi connectivity index (χ0) is 22.6. The van der Waals surface area contributed by atoms with E-state index in [4.69, 9.17) is 0 Å². The van der Waals surface area contributed by atoms with Gasteiger partial charge in [0, 0.05) is 19.0 Å². The number of sulfonamides is 1. The number of hydroxylamine groups is 1. The number of rotatable bonds is 7. The maximum Gasteiger partial charge on any atom is 0.243 e. The van der Waals surface area contributed by atoms with E-state index in [1.54, 1.807) is 10.4 Å². The third kappa shape index (κ3) is 5.53. The first kappa shape index (κ1) is 23.4. The first-order valence-electron chi connectivity index (χ1n) is 10.8. The SMILES string of the molecule is Cc1ccc(C)c(S(=O)(=O)N(Cc2ccccc2C)CC2CCC(C(=O)N[O-])CC2)c1. The van der Waals surface area contributed by atoms with Gasteiger partial charge in [0.05, 0.1) is 4.90 Å². The highest BCUT2D eigenvalue weighted by Gasteiger charge is 2.32. The predicted molar refractivity (Wildman–Crippen MR) is 122 cm³/mol. The summed E-state index contributed by atoms with van der Waals surface area (Å²) in [6, 6.07) is 13.3. The van der Waals surface area contributed by atoms with Crippen molar-refractivity contribution in [1.82, 2.24) is 9.79 Å². The fraction of sp³-hybridized carbons (Fsp3) is 0.458. The van der Waals surface area contributed by atoms with E-state index in [1.165, 1.54) is 5.48 Å². The van der Waals surface area contributed by atoms with Gasteiger partial charge in [0.2, 0.25) is 15.9 Å². The second kappa shape index (κ2) is 9.94. The Kier molecular flexibility index (Phi) is 7.51. The van der Waals surface area contributed by atoms with E-state index in [9.17, 15) is 18.4 Å². The van der Waals surface area contributed by atoms with Gasteiger partial charge in [-0.25, -0.2) is 8.42 Å². The average molecular weight is 444 g/mol. The van der Waals surface area contributed by atoms with Crippen molar-refractivity contribution >= 4 is 15.9 Å². The molecule has 1 fully saturated rings. The number of hydrogen-bond donors (Lipinski definition) is 1. The van der Waals surface area contributed by atoms with Crippen molar-refractivity contribution in [2.45, 2.75) is 57.9 Å². The maximum absolute atomic E-state index is 13.7. The zero-order valence-corrected chi connectivity index (χ0v) is 19.2. The van der Waals surface area contributed by atoms with Gasteiger partial charge >= 0.3 is 0 Å². The zero-order valence-electron chi connectivity index (χ0n) is 18.4. The summed E-state index contributed by atoms with van der Waals surface area (Å²) in [7, 11) is -3.70. The molecule has 1 aliphatic rings. The Morgan fingerprint density at radius 1 is 1.03 bits per heavy atom. The molecule has 1 saturated carbocycles. The number of benzene rings is 2. The van der Waals surface area contributed by atoms with Crippen molar-refractivity contribution < 1.29 is 13.2 Å². The second-order valence-electron chi connectivity index (χ2n) is 8.68. The number of carbonyl (C=O) groups is 1. The number of hydrogen-bond acceptors (Lipinski definition) is 4. The molecule has 1 N–H and O–H groups in total. The predicted octanol–water partition coefficient (Wildman–Crippen LogP) is 4.22. The van der Waals surface area contributed by atoms with Gasteiger partial charge in [-0.05, 0) is 80.7 Å². The molecule has 1 aliphatic carbocycles. The summed E-state index contributed by atoms with van der Waals surface area (Å²) in [6.07, 6.45) is 2.68. The molecule has 0 aromatic heterocycles. The van der Waals surface area contributed by atoms with Gasteiger partial charge in [-0.3, -0.25) is 4.79 Å². The van der Waals surface area contributed by atoms with Crippen LogP contribution in [0, 0.1) is 37.8 Å². The third-order valence-corrected chi connectivity index (χ3v) is 8.30. The van der Waals surface area contributed by atoms with Crippen LogP contribution in [-0.2, 0) is 21.4 Å². The number of nitrogens with zero attached hydrogens (tertiary/aromatic N) is 1. The smallest absolute Gasteiger partial charge is 0.243 e. The highest BCUT2D eigenvalue weighted by molar-refractivity contribution is 7.89. The van der Waals surface area contributed by atoms with Gasteiger partial charge in [-0.1, -0.05) is 36.4 Å². The van der Waals surface area contributed by atoms with E-state index in [2.05, 4.69) is 0 Å². The summed E-state index contributed by atoms with van der Waals surface area (Å²) in [6.45, 7) is 6.42. The summed E-state index contributed by atoms with van der Waals surface area (Å²) in [5.74, 6) is -0.577. The van der Waals surface area contributed by atoms with Crippen molar-refractivity contribution in [2.24, 2.45) is 11.8 Å². The van der Waals surface area contributed by atoms with Crippen molar-refractivity contribution in [2.75, 3.05) is 6.54 Å². The van der Waals surface area contributed by atoms with Crippen LogP contribution in [0.4, 0.5) is 0 Å². The molecule has 6 nitrogen and oxygen atoms in total. The summed E-state index contributed by atoms with van der Waals surface area (Å²) in [4.78, 5) is 12.0. The molecule has 0 aliphatic heterocycles. The number of amides is 1. The minimum Gasteiger partial charge on any atom is -0.759 e. The molecule has 1 amide bonds. The van der Waals surface area contributed by atoms with E-state index in [0.717, 1.165) is 35.1 Å². The van der Waals surface area contributed by atoms with Crippen LogP contribution in [0.1, 0.15) is 47.9 Å². The Hall–Kier alpha value is -2.22. The Morgan fingerprint density at radius 2 is 1.71 bits per heavy atom. The normalized spacial score (nSPS) is 19.4. The summed E-state index contributed by atoms with van der Waals surface area (Å²) in [5, 5.41) is 10.7. The Bertz CT molecular complexity index is 1030. The molecule has 0 saturated heterocycles. The quantitative estimate of drug-likeness (QED) is 0.649. The molecule has 0 unspecified atom stereocenters. The number of aryl methyl sites for hydroxylation is 3. The summed E-state index contributed by atoms with van der Waals surface area (Å²) >= 11 is 0. The Balaban J connectivity index is 1.88. The Morgan fingerprint density at radius 3 is 2.35 bits per heavy atom. The minimum absolute atomic E-state index is 0.152. The minimum atomic E-state index is -3.70. The van der Waals surface area contributed by atoms with Crippen LogP contribution in [0.5, 0.6) is 0 Å². The van der Waals surface area contributed by atoms with Crippen molar-refractivity contribution in [3.63, 3.8) is 0 Å². The van der Waals surface area contributed by atoms with Crippen LogP contribution in [0.2, 0.25) is 0 Å². The Labute approximate surface area is 185 Å². The molecule has 0 atom stereocenters. The summed E-state index contributed by atoms with van der Waals surface area (Å²) < 4.78 is 29.1. The molecule has 0 bridgehead atoms. The van der Waals surface area contributed by atoms with Crippen LogP contribution >= 0.6 is 0 Å². The summed E-state index contributed by atoms with van der Waals surface area (Å²) in [5.41, 5.74) is 5.17. The van der Waals surface area contributed by atoms with Crippen LogP contribution < -0.4 is 5.48 Å². The first-order valence-corrected chi connectivity index (χ1v) is 12.2. The van der Waals surface area contributed by atoms with E-state index in [-0.39, 0.29) is 11.8 Å². The molecule has 31 heavy (non-hydrogen) atoms. The molecule has 2 aromatic rings. The highest BCUT2D eigenvalue weighted by Crippen LogP contribution is 2.32. The fourth-order valence-electron chi connectivity index (χ4n) is 4.33. The van der Waals surface area contributed by atoms with Gasteiger partial charge in [-0.2, -0.15) is 4.31 Å². The van der Waals surface area contributed by atoms with E-state index in [1.807, 2.05) is 57.2 Å². The highest BCUT2D eigenvalue weighted by atomic mass is 32.2. The maximum atomic E-state index is 13.7. The molecule has 2 aromatic carbocycles. The average Bonchev–Trinajstić information content (AvgIpc) is 2.76. The lowest BCUT2D eigenvalue weighted by Gasteiger charge is -2.33. The van der Waals surface area contributed by atoms with Crippen LogP contribution in [0.25, 0.3) is 0 Å². The molecular formula is C24H31N2O4S-. The number of carbonyl (C=O) groups excluding carboxylic acids is 1. The first-order chi connectivity index (χ1) is 14.7. The molecule has 0 spiro atoms. The van der Waals surface area contributed by atoms with E-state index in [0.29, 0.717) is 30.8 Å². The topological polar surface area (TPSA) is 89.5 Å². The van der Waals surface area contributed by atoms with Crippen LogP contribution in [0.3, 0.4) is 0 Å². The molecule has 7 heteroatoms. The largest absolute Gasteiger partial charge is 0.759 e. The second-order valence-corrected chi connectivity index (χ2v) is 10.6. The van der Waals surface area contributed by atoms with E-state index < -0.39 is 15.9 Å². The molecule has 0 heterocycles. The van der Waals surface area contributed by atoms with E-state index >= 15 is 0 Å². The van der Waals surface area contributed by atoms with Crippen LogP contribution in [-0.4, -0.2) is 25.2 Å². The third-order valence-electron chi connectivity index (χ3n) is 6.35. The van der Waals surface area contributed by atoms with Gasteiger partial charge in [0.15, 0.2) is 0 Å². The van der Waals surface area contributed by atoms with Crippen LogP contribution in [0.15, 0.2) is 47.4 Å². The molecular weight excluding hydrogens is 412 g/mol. The molecule has 0 radical (unpaired) electrons. The van der Waals surface area contributed by atoms with Gasteiger partial charge in [0.25, 0.3) is 0 Å². The fourth-order valence-corrected chi connectivity index (χ4v) is 6.13. The molecule has 168 valence electrons. The molecule has 3 rings (SSSR count). The standard InChI is InChI=1S/C24H31N2O4S/c1-17-8-9-19(3)23(14-17)31(29,30)26(16-22-7-5-4-6-18(22)2)15-20-10-12-21(13-11-20)24(27)25-28/h4-9,14,20-21H,10-13,15-16H2,1-3H3,(H-,25,27,28)/q-1. The lowest BCUT2D eigenvalue weighted by molar-refractivity contribution is -0.125.